The van der Waals surface area contributed by atoms with Gasteiger partial charge in [-0.05, 0) is 19.8 Å². The average Bonchev–Trinajstić information content (AvgIpc) is 2.00. The summed E-state index contributed by atoms with van der Waals surface area (Å²) >= 11 is 5.57. The summed E-state index contributed by atoms with van der Waals surface area (Å²) in [7, 11) is -1.75. The first-order chi connectivity index (χ1) is 6.72. The topological polar surface area (TPSA) is 55.4 Å². The van der Waals surface area contributed by atoms with E-state index in [0.717, 1.165) is 0 Å². The predicted octanol–water partition coefficient (Wildman–Crippen LogP) is 1.21. The largest absolute Gasteiger partial charge is 0.383 e. The quantitative estimate of drug-likeness (QED) is 0.698. The summed E-state index contributed by atoms with van der Waals surface area (Å²) in [6.45, 7) is 5.69. The van der Waals surface area contributed by atoms with Crippen molar-refractivity contribution < 1.29 is 13.2 Å². The van der Waals surface area contributed by atoms with Crippen molar-refractivity contribution in [3.05, 3.63) is 0 Å². The molecule has 0 amide bonds. The Morgan fingerprint density at radius 3 is 2.40 bits per heavy atom. The fraction of sp³-hybridized carbons (Fsp3) is 1.00. The summed E-state index contributed by atoms with van der Waals surface area (Å²) in [6, 6.07) is 0. The Kier molecular flexibility index (Phi) is 6.10. The van der Waals surface area contributed by atoms with Crippen LogP contribution in [0.15, 0.2) is 0 Å². The first-order valence-corrected chi connectivity index (χ1v) is 6.97. The molecule has 0 aliphatic rings. The van der Waals surface area contributed by atoms with Crippen molar-refractivity contribution in [3.8, 4) is 0 Å². The summed E-state index contributed by atoms with van der Waals surface area (Å²) in [5.74, 6) is 0.331. The highest BCUT2D eigenvalue weighted by atomic mass is 35.5. The molecule has 1 atom stereocenters. The highest BCUT2D eigenvalue weighted by Crippen LogP contribution is 2.08. The van der Waals surface area contributed by atoms with E-state index in [9.17, 15) is 8.42 Å². The Balaban J connectivity index is 4.37. The Bertz CT molecular complexity index is 277. The summed E-state index contributed by atoms with van der Waals surface area (Å²) in [5.41, 5.74) is -0.584. The van der Waals surface area contributed by atoms with Gasteiger partial charge in [-0.15, -0.1) is 11.6 Å². The number of hydrogen-bond donors (Lipinski definition) is 1. The van der Waals surface area contributed by atoms with Gasteiger partial charge in [0.05, 0.1) is 17.9 Å². The third kappa shape index (κ3) is 7.11. The van der Waals surface area contributed by atoms with Gasteiger partial charge in [0.2, 0.25) is 10.0 Å². The van der Waals surface area contributed by atoms with E-state index in [2.05, 4.69) is 4.72 Å². The Morgan fingerprint density at radius 1 is 1.47 bits per heavy atom. The minimum Gasteiger partial charge on any atom is -0.383 e. The summed E-state index contributed by atoms with van der Waals surface area (Å²) < 4.78 is 30.8. The number of hydrogen-bond acceptors (Lipinski definition) is 3. The Hall–Kier alpha value is 0.160. The molecule has 1 unspecified atom stereocenters. The van der Waals surface area contributed by atoms with Crippen LogP contribution >= 0.6 is 11.6 Å². The lowest BCUT2D eigenvalue weighted by atomic mass is 10.1. The van der Waals surface area contributed by atoms with Crippen LogP contribution in [0.1, 0.15) is 20.8 Å². The Morgan fingerprint density at radius 2 is 2.00 bits per heavy atom. The lowest BCUT2D eigenvalue weighted by Crippen LogP contribution is -2.48. The van der Waals surface area contributed by atoms with Crippen LogP contribution < -0.4 is 4.72 Å². The SMILES string of the molecule is COCC(C)(C)NS(=O)(=O)CC(C)CCl. The molecule has 0 heterocycles. The van der Waals surface area contributed by atoms with Crippen LogP contribution in [0.3, 0.4) is 0 Å². The van der Waals surface area contributed by atoms with E-state index in [1.54, 1.807) is 20.8 Å². The minimum atomic E-state index is -3.29. The molecule has 0 radical (unpaired) electrons. The second-order valence-corrected chi connectivity index (χ2v) is 6.54. The van der Waals surface area contributed by atoms with Crippen molar-refractivity contribution in [2.24, 2.45) is 5.92 Å². The van der Waals surface area contributed by atoms with Crippen LogP contribution in [0.4, 0.5) is 0 Å². The molecule has 0 aliphatic carbocycles. The van der Waals surface area contributed by atoms with Gasteiger partial charge in [-0.3, -0.25) is 0 Å². The van der Waals surface area contributed by atoms with E-state index >= 15 is 0 Å². The summed E-state index contributed by atoms with van der Waals surface area (Å²) in [5, 5.41) is 0. The highest BCUT2D eigenvalue weighted by molar-refractivity contribution is 7.89. The van der Waals surface area contributed by atoms with Crippen molar-refractivity contribution in [2.45, 2.75) is 26.3 Å². The van der Waals surface area contributed by atoms with Crippen molar-refractivity contribution in [1.82, 2.24) is 4.72 Å². The number of nitrogens with one attached hydrogen (secondary N) is 1. The number of sulfonamides is 1. The molecule has 92 valence electrons. The standard InChI is InChI=1S/C9H20ClNO3S/c1-8(5-10)6-15(12,13)11-9(2,3)7-14-4/h8,11H,5-7H2,1-4H3. The van der Waals surface area contributed by atoms with Crippen molar-refractivity contribution in [3.63, 3.8) is 0 Å². The van der Waals surface area contributed by atoms with Crippen molar-refractivity contribution in [1.29, 1.82) is 0 Å². The average molecular weight is 258 g/mol. The van der Waals surface area contributed by atoms with Gasteiger partial charge >= 0.3 is 0 Å². The zero-order chi connectivity index (χ0) is 12.1. The maximum Gasteiger partial charge on any atom is 0.212 e. The van der Waals surface area contributed by atoms with E-state index in [0.29, 0.717) is 12.5 Å². The van der Waals surface area contributed by atoms with Crippen LogP contribution in [0.2, 0.25) is 0 Å². The van der Waals surface area contributed by atoms with Gasteiger partial charge in [-0.1, -0.05) is 6.92 Å². The molecule has 0 fully saturated rings. The number of alkyl halides is 1. The lowest BCUT2D eigenvalue weighted by Gasteiger charge is -2.25. The normalized spacial score (nSPS) is 15.3. The molecule has 6 heteroatoms. The molecule has 0 aromatic carbocycles. The van der Waals surface area contributed by atoms with Gasteiger partial charge in [0.15, 0.2) is 0 Å². The maximum atomic E-state index is 11.7. The first-order valence-electron chi connectivity index (χ1n) is 4.79. The van der Waals surface area contributed by atoms with E-state index < -0.39 is 15.6 Å². The van der Waals surface area contributed by atoms with Gasteiger partial charge in [-0.25, -0.2) is 13.1 Å². The van der Waals surface area contributed by atoms with Gasteiger partial charge in [-0.2, -0.15) is 0 Å². The van der Waals surface area contributed by atoms with Crippen LogP contribution in [-0.4, -0.2) is 39.3 Å². The number of halogens is 1. The molecule has 15 heavy (non-hydrogen) atoms. The Labute approximate surface area is 97.4 Å². The van der Waals surface area contributed by atoms with Gasteiger partial charge in [0.25, 0.3) is 0 Å². The zero-order valence-corrected chi connectivity index (χ0v) is 11.3. The smallest absolute Gasteiger partial charge is 0.212 e. The number of rotatable bonds is 7. The van der Waals surface area contributed by atoms with Gasteiger partial charge in [0, 0.05) is 13.0 Å². The minimum absolute atomic E-state index is 0.0453. The second kappa shape index (κ2) is 6.03. The maximum absolute atomic E-state index is 11.7. The molecule has 0 bridgehead atoms. The lowest BCUT2D eigenvalue weighted by molar-refractivity contribution is 0.141. The molecule has 0 spiro atoms. The van der Waals surface area contributed by atoms with Crippen LogP contribution in [0, 0.1) is 5.92 Å². The molecule has 0 rings (SSSR count). The highest BCUT2D eigenvalue weighted by Gasteiger charge is 2.25. The molecule has 0 aromatic rings. The van der Waals surface area contributed by atoms with E-state index in [-0.39, 0.29) is 11.7 Å². The molecule has 1 N–H and O–H groups in total. The molecule has 4 nitrogen and oxygen atoms in total. The van der Waals surface area contributed by atoms with Gasteiger partial charge < -0.3 is 4.74 Å². The summed E-state index contributed by atoms with van der Waals surface area (Å²) in [4.78, 5) is 0. The first kappa shape index (κ1) is 15.2. The second-order valence-electron chi connectivity index (χ2n) is 4.46. The van der Waals surface area contributed by atoms with E-state index in [1.165, 1.54) is 7.11 Å². The fourth-order valence-electron chi connectivity index (χ4n) is 1.27. The molecular formula is C9H20ClNO3S. The third-order valence-electron chi connectivity index (χ3n) is 1.70. The predicted molar refractivity (Wildman–Crippen MR) is 62.8 cm³/mol. The third-order valence-corrected chi connectivity index (χ3v) is 4.10. The molecule has 0 saturated heterocycles. The molecular weight excluding hydrogens is 238 g/mol. The molecule has 0 saturated carbocycles. The zero-order valence-electron chi connectivity index (χ0n) is 9.71. The van der Waals surface area contributed by atoms with Crippen LogP contribution in [0.25, 0.3) is 0 Å². The monoisotopic (exact) mass is 257 g/mol. The van der Waals surface area contributed by atoms with E-state index in [1.807, 2.05) is 0 Å². The number of ether oxygens (including phenoxy) is 1. The van der Waals surface area contributed by atoms with E-state index in [4.69, 9.17) is 16.3 Å². The van der Waals surface area contributed by atoms with Crippen LogP contribution in [-0.2, 0) is 14.8 Å². The van der Waals surface area contributed by atoms with Gasteiger partial charge in [0.1, 0.15) is 0 Å². The van der Waals surface area contributed by atoms with Crippen molar-refractivity contribution >= 4 is 21.6 Å². The number of methoxy groups -OCH3 is 1. The molecule has 0 aliphatic heterocycles. The summed E-state index contributed by atoms with van der Waals surface area (Å²) in [6.07, 6.45) is 0. The fourth-order valence-corrected chi connectivity index (χ4v) is 3.36. The van der Waals surface area contributed by atoms with Crippen molar-refractivity contribution in [2.75, 3.05) is 25.3 Å². The molecule has 0 aromatic heterocycles. The van der Waals surface area contributed by atoms with Crippen LogP contribution in [0.5, 0.6) is 0 Å².